The lowest BCUT2D eigenvalue weighted by Crippen LogP contribution is -2.37. The number of nitrogens with zero attached hydrogens (tertiary/aromatic N) is 1. The SMILES string of the molecule is O=C(CN(c1ccc(F)cc1)S(=O)(=O)c1cccs1)Nc1ccccc1Br. The molecule has 5 nitrogen and oxygen atoms in total. The lowest BCUT2D eigenvalue weighted by molar-refractivity contribution is -0.114. The Balaban J connectivity index is 1.92. The summed E-state index contributed by atoms with van der Waals surface area (Å²) in [5, 5.41) is 4.31. The highest BCUT2D eigenvalue weighted by Crippen LogP contribution is 2.27. The number of hydrogen-bond acceptors (Lipinski definition) is 4. The minimum Gasteiger partial charge on any atom is -0.323 e. The molecule has 0 saturated carbocycles. The number of amides is 1. The van der Waals surface area contributed by atoms with Crippen LogP contribution in [0.15, 0.2) is 74.7 Å². The van der Waals surface area contributed by atoms with Crippen LogP contribution < -0.4 is 9.62 Å². The average molecular weight is 469 g/mol. The molecule has 0 fully saturated rings. The first-order valence-corrected chi connectivity index (χ1v) is 10.9. The van der Waals surface area contributed by atoms with Gasteiger partial charge in [-0.15, -0.1) is 11.3 Å². The second kappa shape index (κ2) is 8.20. The quantitative estimate of drug-likeness (QED) is 0.579. The van der Waals surface area contributed by atoms with Gasteiger partial charge in [0.1, 0.15) is 16.6 Å². The van der Waals surface area contributed by atoms with Crippen LogP contribution in [0.1, 0.15) is 0 Å². The molecule has 1 amide bonds. The number of rotatable bonds is 6. The predicted octanol–water partition coefficient (Wildman–Crippen LogP) is 4.48. The molecule has 0 spiro atoms. The largest absolute Gasteiger partial charge is 0.323 e. The summed E-state index contributed by atoms with van der Waals surface area (Å²) in [6.45, 7) is -0.451. The highest BCUT2D eigenvalue weighted by atomic mass is 79.9. The first-order valence-electron chi connectivity index (χ1n) is 7.74. The average Bonchev–Trinajstić information content (AvgIpc) is 3.18. The number of halogens is 2. The van der Waals surface area contributed by atoms with E-state index in [4.69, 9.17) is 0 Å². The van der Waals surface area contributed by atoms with E-state index in [1.165, 1.54) is 18.2 Å². The molecule has 3 rings (SSSR count). The van der Waals surface area contributed by atoms with Crippen LogP contribution in [0.3, 0.4) is 0 Å². The van der Waals surface area contributed by atoms with Crippen molar-refractivity contribution in [3.8, 4) is 0 Å². The summed E-state index contributed by atoms with van der Waals surface area (Å²) in [6.07, 6.45) is 0. The molecule has 1 heterocycles. The van der Waals surface area contributed by atoms with Crippen LogP contribution in [0.4, 0.5) is 15.8 Å². The van der Waals surface area contributed by atoms with Gasteiger partial charge in [0, 0.05) is 4.47 Å². The number of sulfonamides is 1. The van der Waals surface area contributed by atoms with Gasteiger partial charge in [-0.25, -0.2) is 12.8 Å². The molecule has 9 heteroatoms. The smallest absolute Gasteiger partial charge is 0.274 e. The fourth-order valence-corrected chi connectivity index (χ4v) is 5.23. The Morgan fingerprint density at radius 1 is 1.07 bits per heavy atom. The topological polar surface area (TPSA) is 66.5 Å². The number of hydrogen-bond donors (Lipinski definition) is 1. The molecule has 0 bridgehead atoms. The molecule has 0 unspecified atom stereocenters. The zero-order valence-electron chi connectivity index (χ0n) is 13.8. The monoisotopic (exact) mass is 468 g/mol. The van der Waals surface area contributed by atoms with Crippen LogP contribution >= 0.6 is 27.3 Å². The van der Waals surface area contributed by atoms with Crippen LogP contribution in [0.25, 0.3) is 0 Å². The fourth-order valence-electron chi connectivity index (χ4n) is 2.32. The van der Waals surface area contributed by atoms with Gasteiger partial charge in [-0.3, -0.25) is 9.10 Å². The van der Waals surface area contributed by atoms with Gasteiger partial charge in [0.05, 0.1) is 11.4 Å². The molecule has 0 aliphatic carbocycles. The van der Waals surface area contributed by atoms with E-state index in [2.05, 4.69) is 21.2 Å². The van der Waals surface area contributed by atoms with Crippen molar-refractivity contribution < 1.29 is 17.6 Å². The zero-order valence-corrected chi connectivity index (χ0v) is 17.0. The molecular formula is C18H14BrFN2O3S2. The second-order valence-corrected chi connectivity index (χ2v) is 9.34. The Morgan fingerprint density at radius 2 is 1.78 bits per heavy atom. The fraction of sp³-hybridized carbons (Fsp3) is 0.0556. The van der Waals surface area contributed by atoms with Crippen LogP contribution in [-0.4, -0.2) is 20.9 Å². The number of carbonyl (C=O) groups excluding carboxylic acids is 1. The van der Waals surface area contributed by atoms with Gasteiger partial charge in [-0.1, -0.05) is 18.2 Å². The van der Waals surface area contributed by atoms with Crippen LogP contribution in [0, 0.1) is 5.82 Å². The third kappa shape index (κ3) is 4.55. The van der Waals surface area contributed by atoms with E-state index in [9.17, 15) is 17.6 Å². The van der Waals surface area contributed by atoms with E-state index in [0.29, 0.717) is 10.2 Å². The molecular weight excluding hydrogens is 455 g/mol. The van der Waals surface area contributed by atoms with E-state index in [-0.39, 0.29) is 9.90 Å². The number of para-hydroxylation sites is 1. The maximum absolute atomic E-state index is 13.3. The molecule has 0 aliphatic heterocycles. The van der Waals surface area contributed by atoms with Crippen molar-refractivity contribution in [1.29, 1.82) is 0 Å². The molecule has 3 aromatic rings. The Labute approximate surface area is 168 Å². The number of carbonyl (C=O) groups is 1. The van der Waals surface area contributed by atoms with E-state index < -0.39 is 28.3 Å². The summed E-state index contributed by atoms with van der Waals surface area (Å²) in [6, 6.07) is 15.0. The number of thiophene rings is 1. The first-order chi connectivity index (χ1) is 12.9. The second-order valence-electron chi connectivity index (χ2n) is 5.45. The Bertz CT molecular complexity index is 1040. The van der Waals surface area contributed by atoms with E-state index >= 15 is 0 Å². The Morgan fingerprint density at radius 3 is 2.41 bits per heavy atom. The van der Waals surface area contributed by atoms with Crippen molar-refractivity contribution in [3.05, 3.63) is 76.3 Å². The summed E-state index contributed by atoms with van der Waals surface area (Å²) in [5.41, 5.74) is 0.724. The van der Waals surface area contributed by atoms with Gasteiger partial charge >= 0.3 is 0 Å². The van der Waals surface area contributed by atoms with Crippen molar-refractivity contribution in [2.24, 2.45) is 0 Å². The normalized spacial score (nSPS) is 11.2. The Kier molecular flexibility index (Phi) is 5.93. The number of anilines is 2. The summed E-state index contributed by atoms with van der Waals surface area (Å²) < 4.78 is 41.0. The minimum atomic E-state index is -3.96. The molecule has 1 N–H and O–H groups in total. The molecule has 1 aromatic heterocycles. The van der Waals surface area contributed by atoms with Crippen LogP contribution in [0.2, 0.25) is 0 Å². The molecule has 140 valence electrons. The third-order valence-electron chi connectivity index (χ3n) is 3.59. The van der Waals surface area contributed by atoms with Crippen LogP contribution in [-0.2, 0) is 14.8 Å². The van der Waals surface area contributed by atoms with Gasteiger partial charge in [-0.2, -0.15) is 0 Å². The lowest BCUT2D eigenvalue weighted by atomic mass is 10.3. The molecule has 0 radical (unpaired) electrons. The van der Waals surface area contributed by atoms with Crippen molar-refractivity contribution in [3.63, 3.8) is 0 Å². The molecule has 0 saturated heterocycles. The maximum Gasteiger partial charge on any atom is 0.274 e. The van der Waals surface area contributed by atoms with E-state index in [1.54, 1.807) is 35.7 Å². The van der Waals surface area contributed by atoms with Gasteiger partial charge in [0.25, 0.3) is 10.0 Å². The lowest BCUT2D eigenvalue weighted by Gasteiger charge is -2.23. The molecule has 2 aromatic carbocycles. The zero-order chi connectivity index (χ0) is 19.4. The van der Waals surface area contributed by atoms with Crippen LogP contribution in [0.5, 0.6) is 0 Å². The number of benzene rings is 2. The standard InChI is InChI=1S/C18H14BrFN2O3S2/c19-15-4-1-2-5-16(15)21-17(23)12-22(14-9-7-13(20)8-10-14)27(24,25)18-6-3-11-26-18/h1-11H,12H2,(H,21,23). The third-order valence-corrected chi connectivity index (χ3v) is 7.43. The minimum absolute atomic E-state index is 0.0977. The maximum atomic E-state index is 13.3. The highest BCUT2D eigenvalue weighted by Gasteiger charge is 2.28. The van der Waals surface area contributed by atoms with E-state index in [0.717, 1.165) is 27.8 Å². The Hall–Kier alpha value is -2.23. The summed E-state index contributed by atoms with van der Waals surface area (Å²) >= 11 is 4.37. The number of nitrogens with one attached hydrogen (secondary N) is 1. The molecule has 27 heavy (non-hydrogen) atoms. The van der Waals surface area contributed by atoms with Crippen molar-refractivity contribution in [2.75, 3.05) is 16.2 Å². The van der Waals surface area contributed by atoms with Gasteiger partial charge in [0.2, 0.25) is 5.91 Å². The molecule has 0 atom stereocenters. The molecule has 0 aliphatic rings. The van der Waals surface area contributed by atoms with Crippen molar-refractivity contribution in [2.45, 2.75) is 4.21 Å². The van der Waals surface area contributed by atoms with Gasteiger partial charge in [-0.05, 0) is 63.8 Å². The first kappa shape index (κ1) is 19.5. The summed E-state index contributed by atoms with van der Waals surface area (Å²) in [4.78, 5) is 12.5. The predicted molar refractivity (Wildman–Crippen MR) is 108 cm³/mol. The van der Waals surface area contributed by atoms with Crippen molar-refractivity contribution >= 4 is 54.6 Å². The highest BCUT2D eigenvalue weighted by molar-refractivity contribution is 9.10. The van der Waals surface area contributed by atoms with Gasteiger partial charge < -0.3 is 5.32 Å². The summed E-state index contributed by atoms with van der Waals surface area (Å²) in [7, 11) is -3.96. The van der Waals surface area contributed by atoms with Crippen molar-refractivity contribution in [1.82, 2.24) is 0 Å². The summed E-state index contributed by atoms with van der Waals surface area (Å²) in [5.74, 6) is -1.02. The van der Waals surface area contributed by atoms with E-state index in [1.807, 2.05) is 0 Å². The van der Waals surface area contributed by atoms with Gasteiger partial charge in [0.15, 0.2) is 0 Å².